The lowest BCUT2D eigenvalue weighted by atomic mass is 10.2. The maximum atomic E-state index is 12.7. The van der Waals surface area contributed by atoms with Crippen LogP contribution in [-0.2, 0) is 0 Å². The quantitative estimate of drug-likeness (QED) is 0.859. The molecule has 0 aliphatic rings. The Kier molecular flexibility index (Phi) is 3.10. The number of anilines is 1. The van der Waals surface area contributed by atoms with Gasteiger partial charge in [-0.25, -0.2) is 9.37 Å². The van der Waals surface area contributed by atoms with Crippen molar-refractivity contribution in [2.75, 3.05) is 5.32 Å². The first kappa shape index (κ1) is 10.5. The van der Waals surface area contributed by atoms with E-state index in [-0.39, 0.29) is 11.9 Å². The predicted molar refractivity (Wildman–Crippen MR) is 60.5 cm³/mol. The first-order valence-corrected chi connectivity index (χ1v) is 5.05. The number of hydrogen-bond acceptors (Lipinski definition) is 3. The maximum Gasteiger partial charge on any atom is 0.141 e. The lowest BCUT2D eigenvalue weighted by molar-refractivity contribution is 0.617. The average molecular weight is 217 g/mol. The molecule has 2 rings (SSSR count). The zero-order valence-electron chi connectivity index (χ0n) is 8.89. The van der Waals surface area contributed by atoms with Gasteiger partial charge >= 0.3 is 0 Å². The smallest absolute Gasteiger partial charge is 0.141 e. The molecule has 0 fully saturated rings. The van der Waals surface area contributed by atoms with E-state index in [4.69, 9.17) is 0 Å². The van der Waals surface area contributed by atoms with E-state index < -0.39 is 0 Å². The fraction of sp³-hybridized carbons (Fsp3) is 0.167. The number of rotatable bonds is 3. The van der Waals surface area contributed by atoms with Crippen molar-refractivity contribution >= 4 is 5.82 Å². The second-order valence-corrected chi connectivity index (χ2v) is 3.48. The largest absolute Gasteiger partial charge is 0.362 e. The summed E-state index contributed by atoms with van der Waals surface area (Å²) >= 11 is 0. The van der Waals surface area contributed by atoms with E-state index in [1.165, 1.54) is 12.3 Å². The van der Waals surface area contributed by atoms with Gasteiger partial charge in [-0.2, -0.15) is 0 Å². The van der Waals surface area contributed by atoms with Gasteiger partial charge in [-0.15, -0.1) is 0 Å². The highest BCUT2D eigenvalue weighted by atomic mass is 19.1. The molecule has 0 aliphatic carbocycles. The van der Waals surface area contributed by atoms with E-state index >= 15 is 0 Å². The van der Waals surface area contributed by atoms with Gasteiger partial charge in [0, 0.05) is 6.20 Å². The lowest BCUT2D eigenvalue weighted by Crippen LogP contribution is -2.09. The highest BCUT2D eigenvalue weighted by Gasteiger charge is 2.06. The monoisotopic (exact) mass is 217 g/mol. The Morgan fingerprint density at radius 1 is 1.19 bits per heavy atom. The molecule has 2 aromatic heterocycles. The molecule has 0 aromatic carbocycles. The highest BCUT2D eigenvalue weighted by molar-refractivity contribution is 5.35. The van der Waals surface area contributed by atoms with Crippen LogP contribution in [-0.4, -0.2) is 9.97 Å². The summed E-state index contributed by atoms with van der Waals surface area (Å²) in [5, 5.41) is 3.18. The number of aromatic nitrogens is 2. The number of pyridine rings is 2. The van der Waals surface area contributed by atoms with Crippen LogP contribution in [0.1, 0.15) is 18.7 Å². The van der Waals surface area contributed by atoms with E-state index in [1.54, 1.807) is 12.3 Å². The molecule has 16 heavy (non-hydrogen) atoms. The first-order valence-electron chi connectivity index (χ1n) is 5.05. The molecule has 4 heteroatoms. The van der Waals surface area contributed by atoms with Gasteiger partial charge in [0.05, 0.1) is 17.9 Å². The van der Waals surface area contributed by atoms with E-state index in [9.17, 15) is 4.39 Å². The fourth-order valence-corrected chi connectivity index (χ4v) is 1.39. The van der Waals surface area contributed by atoms with E-state index in [1.807, 2.05) is 25.1 Å². The second-order valence-electron chi connectivity index (χ2n) is 3.48. The fourth-order valence-electron chi connectivity index (χ4n) is 1.39. The van der Waals surface area contributed by atoms with Crippen LogP contribution in [0, 0.1) is 5.82 Å². The topological polar surface area (TPSA) is 37.8 Å². The molecule has 0 spiro atoms. The zero-order chi connectivity index (χ0) is 11.4. The molecule has 1 N–H and O–H groups in total. The normalized spacial score (nSPS) is 12.1. The van der Waals surface area contributed by atoms with Crippen molar-refractivity contribution in [2.45, 2.75) is 13.0 Å². The lowest BCUT2D eigenvalue weighted by Gasteiger charge is -2.13. The van der Waals surface area contributed by atoms with Gasteiger partial charge in [-0.1, -0.05) is 6.07 Å². The van der Waals surface area contributed by atoms with Crippen LogP contribution in [0.2, 0.25) is 0 Å². The molecule has 0 aliphatic heterocycles. The molecule has 0 radical (unpaired) electrons. The van der Waals surface area contributed by atoms with Crippen molar-refractivity contribution in [3.8, 4) is 0 Å². The van der Waals surface area contributed by atoms with Gasteiger partial charge in [0.2, 0.25) is 0 Å². The Hall–Kier alpha value is -1.97. The van der Waals surface area contributed by atoms with Gasteiger partial charge in [0.25, 0.3) is 0 Å². The van der Waals surface area contributed by atoms with E-state index in [0.29, 0.717) is 0 Å². The molecule has 2 heterocycles. The molecule has 1 atom stereocenters. The molecule has 0 amide bonds. The van der Waals surface area contributed by atoms with Crippen molar-refractivity contribution in [1.82, 2.24) is 9.97 Å². The van der Waals surface area contributed by atoms with Crippen LogP contribution in [0.15, 0.2) is 42.7 Å². The number of hydrogen-bond donors (Lipinski definition) is 1. The van der Waals surface area contributed by atoms with Crippen LogP contribution in [0.5, 0.6) is 0 Å². The van der Waals surface area contributed by atoms with Crippen LogP contribution < -0.4 is 5.32 Å². The summed E-state index contributed by atoms with van der Waals surface area (Å²) in [5.74, 6) is 0.454. The second kappa shape index (κ2) is 4.70. The summed E-state index contributed by atoms with van der Waals surface area (Å²) < 4.78 is 12.7. The summed E-state index contributed by atoms with van der Waals surface area (Å²) in [6, 6.07) is 8.69. The third kappa shape index (κ3) is 2.53. The summed E-state index contributed by atoms with van der Waals surface area (Å²) in [4.78, 5) is 8.16. The Morgan fingerprint density at radius 3 is 2.69 bits per heavy atom. The SMILES string of the molecule is CC(Nc1ccccn1)c1ccc(F)cn1. The predicted octanol–water partition coefficient (Wildman–Crippen LogP) is 2.79. The summed E-state index contributed by atoms with van der Waals surface area (Å²) in [7, 11) is 0. The number of halogens is 1. The zero-order valence-corrected chi connectivity index (χ0v) is 8.89. The van der Waals surface area contributed by atoms with Gasteiger partial charge in [0.1, 0.15) is 11.6 Å². The molecule has 3 nitrogen and oxygen atoms in total. The van der Waals surface area contributed by atoms with Gasteiger partial charge in [0.15, 0.2) is 0 Å². The average Bonchev–Trinajstić information content (AvgIpc) is 2.31. The van der Waals surface area contributed by atoms with Crippen LogP contribution in [0.3, 0.4) is 0 Å². The Balaban J connectivity index is 2.09. The molecule has 0 saturated heterocycles. The third-order valence-corrected chi connectivity index (χ3v) is 2.22. The van der Waals surface area contributed by atoms with Gasteiger partial charge in [-0.05, 0) is 31.2 Å². The highest BCUT2D eigenvalue weighted by Crippen LogP contribution is 2.15. The van der Waals surface area contributed by atoms with E-state index in [0.717, 1.165) is 11.5 Å². The minimum absolute atomic E-state index is 0.00417. The first-order chi connectivity index (χ1) is 7.75. The molecular formula is C12H12FN3. The number of nitrogens with zero attached hydrogens (tertiary/aromatic N) is 2. The standard InChI is InChI=1S/C12H12FN3/c1-9(11-6-5-10(13)8-15-11)16-12-4-2-3-7-14-12/h2-9H,1H3,(H,14,16). The molecule has 1 unspecified atom stereocenters. The van der Waals surface area contributed by atoms with Gasteiger partial charge in [-0.3, -0.25) is 4.98 Å². The van der Waals surface area contributed by atoms with E-state index in [2.05, 4.69) is 15.3 Å². The Labute approximate surface area is 93.4 Å². The van der Waals surface area contributed by atoms with Crippen LogP contribution in [0.4, 0.5) is 10.2 Å². The molecule has 0 saturated carbocycles. The van der Waals surface area contributed by atoms with Crippen molar-refractivity contribution in [1.29, 1.82) is 0 Å². The third-order valence-electron chi connectivity index (χ3n) is 2.22. The van der Waals surface area contributed by atoms with Crippen molar-refractivity contribution in [3.05, 3.63) is 54.2 Å². The molecule has 2 aromatic rings. The maximum absolute atomic E-state index is 12.7. The Morgan fingerprint density at radius 2 is 2.06 bits per heavy atom. The minimum atomic E-state index is -0.325. The van der Waals surface area contributed by atoms with Gasteiger partial charge < -0.3 is 5.32 Å². The van der Waals surface area contributed by atoms with Crippen LogP contribution in [0.25, 0.3) is 0 Å². The molecule has 0 bridgehead atoms. The Bertz CT molecular complexity index is 442. The molecule has 82 valence electrons. The van der Waals surface area contributed by atoms with Crippen molar-refractivity contribution in [2.24, 2.45) is 0 Å². The summed E-state index contributed by atoms with van der Waals surface area (Å²) in [6.45, 7) is 1.95. The summed E-state index contributed by atoms with van der Waals surface area (Å²) in [6.07, 6.45) is 2.93. The van der Waals surface area contributed by atoms with Crippen LogP contribution >= 0.6 is 0 Å². The summed E-state index contributed by atoms with van der Waals surface area (Å²) in [5.41, 5.74) is 0.784. The number of nitrogens with one attached hydrogen (secondary N) is 1. The minimum Gasteiger partial charge on any atom is -0.362 e. The molecular weight excluding hydrogens is 205 g/mol. The van der Waals surface area contributed by atoms with Crippen molar-refractivity contribution < 1.29 is 4.39 Å². The van der Waals surface area contributed by atoms with Crippen molar-refractivity contribution in [3.63, 3.8) is 0 Å².